The van der Waals surface area contributed by atoms with Crippen LogP contribution in [0.3, 0.4) is 0 Å². The molecule has 2 amide bonds. The average Bonchev–Trinajstić information content (AvgIpc) is 3.35. The van der Waals surface area contributed by atoms with Gasteiger partial charge in [0.2, 0.25) is 5.91 Å². The molecule has 1 atom stereocenters. The SMILES string of the molecule is CC(C)(C)OC(=O)N1CCC[C@H]1C(=O)Nc1ccc(-n2cnc3ccccc32)nc1. The summed E-state index contributed by atoms with van der Waals surface area (Å²) in [7, 11) is 0. The number of rotatable bonds is 3. The first-order chi connectivity index (χ1) is 14.3. The lowest BCUT2D eigenvalue weighted by molar-refractivity contribution is -0.120. The zero-order valence-corrected chi connectivity index (χ0v) is 17.3. The summed E-state index contributed by atoms with van der Waals surface area (Å²) < 4.78 is 7.32. The predicted molar refractivity (Wildman–Crippen MR) is 113 cm³/mol. The van der Waals surface area contributed by atoms with Gasteiger partial charge in [0.15, 0.2) is 0 Å². The number of carbonyl (C=O) groups is 2. The summed E-state index contributed by atoms with van der Waals surface area (Å²) in [5, 5.41) is 2.87. The number of imidazole rings is 1. The third kappa shape index (κ3) is 4.12. The first kappa shape index (κ1) is 19.9. The van der Waals surface area contributed by atoms with Crippen molar-refractivity contribution in [3.63, 3.8) is 0 Å². The molecule has 0 radical (unpaired) electrons. The molecule has 3 aromatic rings. The summed E-state index contributed by atoms with van der Waals surface area (Å²) in [5.74, 6) is 0.471. The number of hydrogen-bond donors (Lipinski definition) is 1. The Hall–Kier alpha value is -3.42. The molecular weight excluding hydrogens is 382 g/mol. The van der Waals surface area contributed by atoms with Crippen LogP contribution in [0.25, 0.3) is 16.9 Å². The molecule has 156 valence electrons. The van der Waals surface area contributed by atoms with E-state index >= 15 is 0 Å². The summed E-state index contributed by atoms with van der Waals surface area (Å²) in [4.78, 5) is 35.5. The Kier molecular flexibility index (Phi) is 5.15. The summed E-state index contributed by atoms with van der Waals surface area (Å²) in [6.45, 7) is 5.95. The number of nitrogens with zero attached hydrogens (tertiary/aromatic N) is 4. The van der Waals surface area contributed by atoms with Gasteiger partial charge in [0.25, 0.3) is 0 Å². The number of pyridine rings is 1. The van der Waals surface area contributed by atoms with Crippen LogP contribution in [0.15, 0.2) is 48.9 Å². The lowest BCUT2D eigenvalue weighted by atomic mass is 10.2. The van der Waals surface area contributed by atoms with Crippen LogP contribution in [0.4, 0.5) is 10.5 Å². The van der Waals surface area contributed by atoms with Crippen molar-refractivity contribution in [1.82, 2.24) is 19.4 Å². The fraction of sp³-hybridized carbons (Fsp3) is 0.364. The van der Waals surface area contributed by atoms with Gasteiger partial charge in [-0.2, -0.15) is 0 Å². The second kappa shape index (κ2) is 7.78. The van der Waals surface area contributed by atoms with Crippen LogP contribution in [-0.4, -0.2) is 49.6 Å². The molecule has 8 heteroatoms. The van der Waals surface area contributed by atoms with Gasteiger partial charge in [0, 0.05) is 6.54 Å². The zero-order valence-electron chi connectivity index (χ0n) is 17.3. The number of amides is 2. The Morgan fingerprint density at radius 1 is 1.13 bits per heavy atom. The number of para-hydroxylation sites is 2. The highest BCUT2D eigenvalue weighted by Crippen LogP contribution is 2.23. The van der Waals surface area contributed by atoms with Crippen molar-refractivity contribution in [3.8, 4) is 5.82 Å². The maximum absolute atomic E-state index is 12.8. The van der Waals surface area contributed by atoms with E-state index in [2.05, 4.69) is 15.3 Å². The van der Waals surface area contributed by atoms with Crippen LogP contribution < -0.4 is 5.32 Å². The van der Waals surface area contributed by atoms with Crippen molar-refractivity contribution in [1.29, 1.82) is 0 Å². The highest BCUT2D eigenvalue weighted by Gasteiger charge is 2.36. The Balaban J connectivity index is 1.45. The van der Waals surface area contributed by atoms with Gasteiger partial charge in [-0.15, -0.1) is 0 Å². The molecule has 1 aromatic carbocycles. The van der Waals surface area contributed by atoms with Gasteiger partial charge in [-0.25, -0.2) is 14.8 Å². The van der Waals surface area contributed by atoms with Crippen LogP contribution >= 0.6 is 0 Å². The molecule has 1 saturated heterocycles. The molecule has 0 bridgehead atoms. The standard InChI is InChI=1S/C22H25N5O3/c1-22(2,3)30-21(29)26-12-6-9-18(26)20(28)25-15-10-11-19(23-13-15)27-14-24-16-7-4-5-8-17(16)27/h4-5,7-8,10-11,13-14,18H,6,9,12H2,1-3H3,(H,25,28)/t18-/m0/s1. The molecule has 1 N–H and O–H groups in total. The van der Waals surface area contributed by atoms with E-state index in [0.717, 1.165) is 17.5 Å². The van der Waals surface area contributed by atoms with E-state index in [9.17, 15) is 9.59 Å². The number of anilines is 1. The first-order valence-corrected chi connectivity index (χ1v) is 10.0. The van der Waals surface area contributed by atoms with E-state index in [1.165, 1.54) is 4.90 Å². The summed E-state index contributed by atoms with van der Waals surface area (Å²) in [6.07, 6.45) is 4.25. The molecule has 8 nitrogen and oxygen atoms in total. The van der Waals surface area contributed by atoms with Crippen molar-refractivity contribution < 1.29 is 14.3 Å². The molecule has 0 saturated carbocycles. The highest BCUT2D eigenvalue weighted by molar-refractivity contribution is 5.96. The van der Waals surface area contributed by atoms with E-state index in [1.54, 1.807) is 18.6 Å². The molecule has 1 fully saturated rings. The number of carbonyl (C=O) groups excluding carboxylic acids is 2. The summed E-state index contributed by atoms with van der Waals surface area (Å²) >= 11 is 0. The molecule has 0 unspecified atom stereocenters. The third-order valence-electron chi connectivity index (χ3n) is 4.90. The van der Waals surface area contributed by atoms with E-state index in [0.29, 0.717) is 24.5 Å². The Bertz CT molecular complexity index is 1070. The maximum Gasteiger partial charge on any atom is 0.410 e. The highest BCUT2D eigenvalue weighted by atomic mass is 16.6. The van der Waals surface area contributed by atoms with Gasteiger partial charge in [-0.3, -0.25) is 14.3 Å². The van der Waals surface area contributed by atoms with Crippen molar-refractivity contribution >= 4 is 28.7 Å². The quantitative estimate of drug-likeness (QED) is 0.714. The minimum absolute atomic E-state index is 0.235. The van der Waals surface area contributed by atoms with Crippen LogP contribution in [0, 0.1) is 0 Å². The number of ether oxygens (including phenoxy) is 1. The Labute approximate surface area is 174 Å². The van der Waals surface area contributed by atoms with E-state index < -0.39 is 17.7 Å². The number of nitrogens with one attached hydrogen (secondary N) is 1. The van der Waals surface area contributed by atoms with Crippen molar-refractivity contribution in [3.05, 3.63) is 48.9 Å². The van der Waals surface area contributed by atoms with Crippen LogP contribution in [0.2, 0.25) is 0 Å². The lowest BCUT2D eigenvalue weighted by Gasteiger charge is -2.28. The number of likely N-dealkylation sites (tertiary alicyclic amines) is 1. The third-order valence-corrected chi connectivity index (χ3v) is 4.90. The van der Waals surface area contributed by atoms with E-state index in [-0.39, 0.29) is 5.91 Å². The van der Waals surface area contributed by atoms with E-state index in [1.807, 2.05) is 55.7 Å². The fourth-order valence-electron chi connectivity index (χ4n) is 3.55. The van der Waals surface area contributed by atoms with Gasteiger partial charge in [-0.1, -0.05) is 12.1 Å². The van der Waals surface area contributed by atoms with Gasteiger partial charge in [0.05, 0.1) is 22.9 Å². The van der Waals surface area contributed by atoms with Crippen molar-refractivity contribution in [2.24, 2.45) is 0 Å². The van der Waals surface area contributed by atoms with Gasteiger partial charge >= 0.3 is 6.09 Å². The molecule has 1 aliphatic rings. The number of hydrogen-bond acceptors (Lipinski definition) is 5. The zero-order chi connectivity index (χ0) is 21.3. The van der Waals surface area contributed by atoms with E-state index in [4.69, 9.17) is 4.74 Å². The predicted octanol–water partition coefficient (Wildman–Crippen LogP) is 3.76. The normalized spacial score (nSPS) is 16.6. The second-order valence-electron chi connectivity index (χ2n) is 8.33. The fourth-order valence-corrected chi connectivity index (χ4v) is 3.55. The largest absolute Gasteiger partial charge is 0.444 e. The molecule has 2 aromatic heterocycles. The van der Waals surface area contributed by atoms with Gasteiger partial charge < -0.3 is 10.1 Å². The van der Waals surface area contributed by atoms with Crippen LogP contribution in [0.1, 0.15) is 33.6 Å². The summed E-state index contributed by atoms with van der Waals surface area (Å²) in [6, 6.07) is 10.9. The molecular formula is C22H25N5O3. The Morgan fingerprint density at radius 2 is 1.93 bits per heavy atom. The Morgan fingerprint density at radius 3 is 2.67 bits per heavy atom. The number of fused-ring (bicyclic) bond motifs is 1. The number of aromatic nitrogens is 3. The smallest absolute Gasteiger partial charge is 0.410 e. The van der Waals surface area contributed by atoms with Crippen LogP contribution in [-0.2, 0) is 9.53 Å². The lowest BCUT2D eigenvalue weighted by Crippen LogP contribution is -2.45. The minimum atomic E-state index is -0.599. The molecule has 0 aliphatic carbocycles. The number of benzene rings is 1. The van der Waals surface area contributed by atoms with Crippen molar-refractivity contribution in [2.75, 3.05) is 11.9 Å². The topological polar surface area (TPSA) is 89.4 Å². The molecule has 4 rings (SSSR count). The average molecular weight is 407 g/mol. The molecule has 30 heavy (non-hydrogen) atoms. The minimum Gasteiger partial charge on any atom is -0.444 e. The summed E-state index contributed by atoms with van der Waals surface area (Å²) in [5.41, 5.74) is 1.82. The van der Waals surface area contributed by atoms with Crippen molar-refractivity contribution in [2.45, 2.75) is 45.3 Å². The second-order valence-corrected chi connectivity index (χ2v) is 8.33. The maximum atomic E-state index is 12.8. The molecule has 1 aliphatic heterocycles. The first-order valence-electron chi connectivity index (χ1n) is 10.0. The van der Waals surface area contributed by atoms with Gasteiger partial charge in [0.1, 0.15) is 23.8 Å². The van der Waals surface area contributed by atoms with Crippen LogP contribution in [0.5, 0.6) is 0 Å². The van der Waals surface area contributed by atoms with Gasteiger partial charge in [-0.05, 0) is 57.9 Å². The molecule has 3 heterocycles. The molecule has 0 spiro atoms. The monoisotopic (exact) mass is 407 g/mol.